The molecule has 0 aliphatic rings. The first-order chi connectivity index (χ1) is 6.19. The average Bonchev–Trinajstić information content (AvgIpc) is 2.46. The molecule has 1 aromatic rings. The molecule has 0 aliphatic carbocycles. The second-order valence-electron chi connectivity index (χ2n) is 2.89. The maximum Gasteiger partial charge on any atom is 0.356 e. The van der Waals surface area contributed by atoms with Crippen molar-refractivity contribution in [3.05, 3.63) is 17.5 Å². The number of nitrogens with zero attached hydrogens (tertiary/aromatic N) is 2. The number of hydrogen-bond donors (Lipinski definition) is 0. The fraction of sp³-hybridized carbons (Fsp3) is 0.556. The first-order valence-corrected chi connectivity index (χ1v) is 4.30. The highest BCUT2D eigenvalue weighted by Gasteiger charge is 2.12. The van der Waals surface area contributed by atoms with Crippen LogP contribution in [0.15, 0.2) is 6.07 Å². The van der Waals surface area contributed by atoms with Crippen molar-refractivity contribution in [1.82, 2.24) is 9.78 Å². The number of ether oxygens (including phenoxy) is 1. The van der Waals surface area contributed by atoms with Gasteiger partial charge in [0.05, 0.1) is 12.8 Å². The molecule has 0 fully saturated rings. The van der Waals surface area contributed by atoms with Crippen LogP contribution in [0.3, 0.4) is 0 Å². The zero-order valence-corrected chi connectivity index (χ0v) is 8.20. The SMILES string of the molecule is CCCc1cc(C(=O)OC)n(C)n1. The molecule has 0 amide bonds. The zero-order valence-electron chi connectivity index (χ0n) is 8.20. The normalized spacial score (nSPS) is 10.1. The summed E-state index contributed by atoms with van der Waals surface area (Å²) in [5, 5.41) is 4.19. The summed E-state index contributed by atoms with van der Waals surface area (Å²) in [6.07, 6.45) is 1.92. The molecule has 0 saturated carbocycles. The molecule has 4 heteroatoms. The largest absolute Gasteiger partial charge is 0.464 e. The molecule has 4 nitrogen and oxygen atoms in total. The first kappa shape index (κ1) is 9.77. The van der Waals surface area contributed by atoms with Crippen LogP contribution in [0.1, 0.15) is 29.5 Å². The van der Waals surface area contributed by atoms with E-state index in [0.29, 0.717) is 5.69 Å². The van der Waals surface area contributed by atoms with E-state index in [0.717, 1.165) is 18.5 Å². The monoisotopic (exact) mass is 182 g/mol. The Labute approximate surface area is 77.5 Å². The van der Waals surface area contributed by atoms with E-state index in [1.807, 2.05) is 0 Å². The van der Waals surface area contributed by atoms with E-state index < -0.39 is 0 Å². The summed E-state index contributed by atoms with van der Waals surface area (Å²) in [6.45, 7) is 2.08. The van der Waals surface area contributed by atoms with Crippen molar-refractivity contribution in [2.24, 2.45) is 7.05 Å². The van der Waals surface area contributed by atoms with Crippen LogP contribution in [0.25, 0.3) is 0 Å². The lowest BCUT2D eigenvalue weighted by Gasteiger charge is -1.96. The Bertz CT molecular complexity index is 305. The third-order valence-electron chi connectivity index (χ3n) is 1.83. The van der Waals surface area contributed by atoms with E-state index in [1.165, 1.54) is 7.11 Å². The van der Waals surface area contributed by atoms with Crippen LogP contribution in [0, 0.1) is 0 Å². The van der Waals surface area contributed by atoms with Gasteiger partial charge >= 0.3 is 5.97 Å². The van der Waals surface area contributed by atoms with Gasteiger partial charge in [-0.2, -0.15) is 5.10 Å². The van der Waals surface area contributed by atoms with Gasteiger partial charge in [-0.1, -0.05) is 13.3 Å². The molecular weight excluding hydrogens is 168 g/mol. The number of hydrogen-bond acceptors (Lipinski definition) is 3. The summed E-state index contributed by atoms with van der Waals surface area (Å²) < 4.78 is 6.16. The van der Waals surface area contributed by atoms with Gasteiger partial charge < -0.3 is 4.74 Å². The van der Waals surface area contributed by atoms with Gasteiger partial charge in [-0.05, 0) is 12.5 Å². The lowest BCUT2D eigenvalue weighted by atomic mass is 10.2. The topological polar surface area (TPSA) is 44.1 Å². The van der Waals surface area contributed by atoms with Gasteiger partial charge in [0.25, 0.3) is 0 Å². The molecule has 1 heterocycles. The molecule has 0 aromatic carbocycles. The highest BCUT2D eigenvalue weighted by Crippen LogP contribution is 2.06. The van der Waals surface area contributed by atoms with Crippen LogP contribution >= 0.6 is 0 Å². The summed E-state index contributed by atoms with van der Waals surface area (Å²) in [4.78, 5) is 11.2. The summed E-state index contributed by atoms with van der Waals surface area (Å²) in [6, 6.07) is 1.77. The van der Waals surface area contributed by atoms with Crippen LogP contribution in [-0.4, -0.2) is 22.9 Å². The van der Waals surface area contributed by atoms with Crippen LogP contribution in [-0.2, 0) is 18.2 Å². The van der Waals surface area contributed by atoms with Crippen LogP contribution in [0.5, 0.6) is 0 Å². The van der Waals surface area contributed by atoms with Gasteiger partial charge in [0.1, 0.15) is 5.69 Å². The molecule has 1 rings (SSSR count). The Morgan fingerprint density at radius 1 is 1.69 bits per heavy atom. The molecular formula is C9H14N2O2. The number of carbonyl (C=O) groups excluding carboxylic acids is 1. The van der Waals surface area contributed by atoms with Crippen LogP contribution in [0.2, 0.25) is 0 Å². The van der Waals surface area contributed by atoms with Crippen LogP contribution in [0.4, 0.5) is 0 Å². The minimum absolute atomic E-state index is 0.336. The molecule has 0 saturated heterocycles. The number of aryl methyl sites for hydroxylation is 2. The third kappa shape index (κ3) is 2.08. The minimum atomic E-state index is -0.336. The Kier molecular flexibility index (Phi) is 3.06. The van der Waals surface area contributed by atoms with Crippen molar-refractivity contribution >= 4 is 5.97 Å². The Hall–Kier alpha value is -1.32. The zero-order chi connectivity index (χ0) is 9.84. The van der Waals surface area contributed by atoms with E-state index in [-0.39, 0.29) is 5.97 Å². The minimum Gasteiger partial charge on any atom is -0.464 e. The van der Waals surface area contributed by atoms with Crippen molar-refractivity contribution in [3.63, 3.8) is 0 Å². The van der Waals surface area contributed by atoms with E-state index >= 15 is 0 Å². The summed E-state index contributed by atoms with van der Waals surface area (Å²) >= 11 is 0. The van der Waals surface area contributed by atoms with Crippen LogP contribution < -0.4 is 0 Å². The molecule has 0 bridgehead atoms. The molecule has 0 unspecified atom stereocenters. The van der Waals surface area contributed by atoms with Crippen molar-refractivity contribution in [2.75, 3.05) is 7.11 Å². The second-order valence-corrected chi connectivity index (χ2v) is 2.89. The molecule has 0 aliphatic heterocycles. The number of esters is 1. The summed E-state index contributed by atoms with van der Waals surface area (Å²) in [5.41, 5.74) is 1.44. The Morgan fingerprint density at radius 3 is 2.92 bits per heavy atom. The van der Waals surface area contributed by atoms with Crippen molar-refractivity contribution in [2.45, 2.75) is 19.8 Å². The highest BCUT2D eigenvalue weighted by atomic mass is 16.5. The van der Waals surface area contributed by atoms with Gasteiger partial charge in [0.2, 0.25) is 0 Å². The van der Waals surface area contributed by atoms with Gasteiger partial charge in [-0.25, -0.2) is 4.79 Å². The number of carbonyl (C=O) groups is 1. The van der Waals surface area contributed by atoms with Crippen molar-refractivity contribution in [3.8, 4) is 0 Å². The number of rotatable bonds is 3. The highest BCUT2D eigenvalue weighted by molar-refractivity contribution is 5.87. The van der Waals surface area contributed by atoms with Gasteiger partial charge in [-0.3, -0.25) is 4.68 Å². The predicted octanol–water partition coefficient (Wildman–Crippen LogP) is 1.16. The fourth-order valence-corrected chi connectivity index (χ4v) is 1.20. The van der Waals surface area contributed by atoms with E-state index in [2.05, 4.69) is 16.8 Å². The number of aromatic nitrogens is 2. The quantitative estimate of drug-likeness (QED) is 0.659. The predicted molar refractivity (Wildman–Crippen MR) is 48.5 cm³/mol. The molecule has 72 valence electrons. The maximum absolute atomic E-state index is 11.2. The van der Waals surface area contributed by atoms with Crippen molar-refractivity contribution in [1.29, 1.82) is 0 Å². The lowest BCUT2D eigenvalue weighted by Crippen LogP contribution is -2.07. The lowest BCUT2D eigenvalue weighted by molar-refractivity contribution is 0.0588. The number of methoxy groups -OCH3 is 1. The summed E-state index contributed by atoms with van der Waals surface area (Å²) in [5.74, 6) is -0.336. The Morgan fingerprint density at radius 2 is 2.38 bits per heavy atom. The van der Waals surface area contributed by atoms with Gasteiger partial charge in [-0.15, -0.1) is 0 Å². The Balaban J connectivity index is 2.89. The van der Waals surface area contributed by atoms with Gasteiger partial charge in [0.15, 0.2) is 0 Å². The summed E-state index contributed by atoms with van der Waals surface area (Å²) in [7, 11) is 3.11. The fourth-order valence-electron chi connectivity index (χ4n) is 1.20. The van der Waals surface area contributed by atoms with E-state index in [4.69, 9.17) is 0 Å². The first-order valence-electron chi connectivity index (χ1n) is 4.30. The standard InChI is InChI=1S/C9H14N2O2/c1-4-5-7-6-8(9(12)13-3)11(2)10-7/h6H,4-5H2,1-3H3. The van der Waals surface area contributed by atoms with Gasteiger partial charge in [0, 0.05) is 7.05 Å². The van der Waals surface area contributed by atoms with Crippen molar-refractivity contribution < 1.29 is 9.53 Å². The smallest absolute Gasteiger partial charge is 0.356 e. The molecule has 0 radical (unpaired) electrons. The molecule has 0 N–H and O–H groups in total. The molecule has 0 spiro atoms. The molecule has 1 aromatic heterocycles. The average molecular weight is 182 g/mol. The molecule has 0 atom stereocenters. The van der Waals surface area contributed by atoms with E-state index in [1.54, 1.807) is 17.8 Å². The van der Waals surface area contributed by atoms with E-state index in [9.17, 15) is 4.79 Å². The second kappa shape index (κ2) is 4.07. The molecule has 13 heavy (non-hydrogen) atoms. The maximum atomic E-state index is 11.2. The third-order valence-corrected chi connectivity index (χ3v) is 1.83.